The Bertz CT molecular complexity index is 529. The molecule has 3 rings (SSSR count). The van der Waals surface area contributed by atoms with Gasteiger partial charge in [-0.15, -0.1) is 0 Å². The van der Waals surface area contributed by atoms with Gasteiger partial charge < -0.3 is 4.74 Å². The van der Waals surface area contributed by atoms with E-state index in [0.717, 1.165) is 5.75 Å². The molecule has 0 saturated carbocycles. The van der Waals surface area contributed by atoms with Gasteiger partial charge in [-0.3, -0.25) is 0 Å². The van der Waals surface area contributed by atoms with Crippen LogP contribution in [-0.4, -0.2) is 12.9 Å². The maximum atomic E-state index is 5.28. The second-order valence-electron chi connectivity index (χ2n) is 4.47. The van der Waals surface area contributed by atoms with E-state index < -0.39 is 0 Å². The first-order chi connectivity index (χ1) is 8.36. The van der Waals surface area contributed by atoms with E-state index in [4.69, 9.17) is 4.74 Å². The third-order valence-corrected chi connectivity index (χ3v) is 4.81. The first-order valence-corrected chi connectivity index (χ1v) is 7.11. The summed E-state index contributed by atoms with van der Waals surface area (Å²) in [6.07, 6.45) is 2.67. The van der Waals surface area contributed by atoms with Gasteiger partial charge in [-0.25, -0.2) is 0 Å². The van der Waals surface area contributed by atoms with Gasteiger partial charge in [-0.05, 0) is 53.1 Å². The van der Waals surface area contributed by atoms with Gasteiger partial charge >= 0.3 is 0 Å². The van der Waals surface area contributed by atoms with Crippen molar-refractivity contribution in [3.8, 4) is 5.75 Å². The topological polar surface area (TPSA) is 9.23 Å². The Morgan fingerprint density at radius 3 is 2.76 bits per heavy atom. The first-order valence-electron chi connectivity index (χ1n) is 6.06. The number of hydrogen-bond donors (Lipinski definition) is 0. The average molecular weight is 244 g/mol. The maximum Gasteiger partial charge on any atom is 0.119 e. The van der Waals surface area contributed by atoms with Crippen LogP contribution in [0.4, 0.5) is 0 Å². The van der Waals surface area contributed by atoms with Crippen LogP contribution < -0.4 is 4.74 Å². The standard InChI is InChI=1S/C15H16OS/c1-16-14-7-6-11-4-5-12(9-13(11)10-14)15-3-2-8-17-15/h4-7,9-10,15H,2-3,8H2,1H3. The Hall–Kier alpha value is -1.15. The van der Waals surface area contributed by atoms with Crippen LogP contribution in [0.2, 0.25) is 0 Å². The average Bonchev–Trinajstić information content (AvgIpc) is 2.91. The zero-order valence-electron chi connectivity index (χ0n) is 9.98. The second kappa shape index (κ2) is 4.61. The SMILES string of the molecule is COc1ccc2ccc(C3CCCS3)cc2c1. The molecule has 2 aromatic rings. The molecule has 2 heteroatoms. The highest BCUT2D eigenvalue weighted by molar-refractivity contribution is 7.99. The zero-order chi connectivity index (χ0) is 11.7. The van der Waals surface area contributed by atoms with Crippen molar-refractivity contribution >= 4 is 22.5 Å². The van der Waals surface area contributed by atoms with Crippen LogP contribution in [0.3, 0.4) is 0 Å². The summed E-state index contributed by atoms with van der Waals surface area (Å²) < 4.78 is 5.28. The minimum absolute atomic E-state index is 0.700. The van der Waals surface area contributed by atoms with Crippen LogP contribution in [0.1, 0.15) is 23.7 Å². The molecule has 1 aliphatic rings. The molecule has 1 nitrogen and oxygen atoms in total. The minimum atomic E-state index is 0.700. The van der Waals surface area contributed by atoms with Gasteiger partial charge in [0.25, 0.3) is 0 Å². The Morgan fingerprint density at radius 2 is 2.00 bits per heavy atom. The molecule has 0 bridgehead atoms. The summed E-state index contributed by atoms with van der Waals surface area (Å²) in [5.41, 5.74) is 1.47. The van der Waals surface area contributed by atoms with Crippen molar-refractivity contribution < 1.29 is 4.74 Å². The van der Waals surface area contributed by atoms with Crippen molar-refractivity contribution in [2.45, 2.75) is 18.1 Å². The Morgan fingerprint density at radius 1 is 1.12 bits per heavy atom. The molecule has 1 atom stereocenters. The molecule has 1 saturated heterocycles. The number of thioether (sulfide) groups is 1. The smallest absolute Gasteiger partial charge is 0.119 e. The highest BCUT2D eigenvalue weighted by Crippen LogP contribution is 2.40. The van der Waals surface area contributed by atoms with Gasteiger partial charge in [-0.2, -0.15) is 11.8 Å². The van der Waals surface area contributed by atoms with E-state index in [2.05, 4.69) is 42.1 Å². The molecule has 0 amide bonds. The predicted molar refractivity (Wildman–Crippen MR) is 74.9 cm³/mol. The third-order valence-electron chi connectivity index (χ3n) is 3.37. The summed E-state index contributed by atoms with van der Waals surface area (Å²) in [4.78, 5) is 0. The van der Waals surface area contributed by atoms with Crippen LogP contribution in [0.25, 0.3) is 10.8 Å². The van der Waals surface area contributed by atoms with E-state index in [1.54, 1.807) is 7.11 Å². The fourth-order valence-corrected chi connectivity index (χ4v) is 3.70. The van der Waals surface area contributed by atoms with E-state index in [-0.39, 0.29) is 0 Å². The molecular weight excluding hydrogens is 228 g/mol. The number of rotatable bonds is 2. The largest absolute Gasteiger partial charge is 0.497 e. The lowest BCUT2D eigenvalue weighted by Crippen LogP contribution is -1.89. The van der Waals surface area contributed by atoms with Crippen molar-refractivity contribution in [2.24, 2.45) is 0 Å². The lowest BCUT2D eigenvalue weighted by molar-refractivity contribution is 0.415. The van der Waals surface area contributed by atoms with Crippen molar-refractivity contribution in [3.63, 3.8) is 0 Å². The fourth-order valence-electron chi connectivity index (χ4n) is 2.41. The molecule has 0 radical (unpaired) electrons. The molecular formula is C15H16OS. The van der Waals surface area contributed by atoms with E-state index >= 15 is 0 Å². The second-order valence-corrected chi connectivity index (χ2v) is 5.78. The van der Waals surface area contributed by atoms with Gasteiger partial charge in [0, 0.05) is 5.25 Å². The molecule has 1 fully saturated rings. The maximum absolute atomic E-state index is 5.28. The van der Waals surface area contributed by atoms with E-state index in [0.29, 0.717) is 5.25 Å². The summed E-state index contributed by atoms with van der Waals surface area (Å²) in [5, 5.41) is 3.28. The molecule has 88 valence electrons. The van der Waals surface area contributed by atoms with Crippen LogP contribution in [0.15, 0.2) is 36.4 Å². The van der Waals surface area contributed by atoms with Crippen LogP contribution >= 0.6 is 11.8 Å². The Labute approximate surface area is 106 Å². The zero-order valence-corrected chi connectivity index (χ0v) is 10.8. The van der Waals surface area contributed by atoms with Gasteiger partial charge in [0.05, 0.1) is 7.11 Å². The number of ether oxygens (including phenoxy) is 1. The number of benzene rings is 2. The predicted octanol–water partition coefficient (Wildman–Crippen LogP) is 4.42. The number of hydrogen-bond acceptors (Lipinski definition) is 2. The van der Waals surface area contributed by atoms with Crippen molar-refractivity contribution in [3.05, 3.63) is 42.0 Å². The molecule has 0 aromatic heterocycles. The quantitative estimate of drug-likeness (QED) is 0.773. The molecule has 0 aliphatic carbocycles. The number of fused-ring (bicyclic) bond motifs is 1. The summed E-state index contributed by atoms with van der Waals surface area (Å²) in [5.74, 6) is 2.24. The molecule has 1 unspecified atom stereocenters. The summed E-state index contributed by atoms with van der Waals surface area (Å²) in [6, 6.07) is 13.1. The van der Waals surface area contributed by atoms with Crippen molar-refractivity contribution in [2.75, 3.05) is 12.9 Å². The molecule has 0 N–H and O–H groups in total. The first kappa shape index (κ1) is 11.0. The molecule has 2 aromatic carbocycles. The summed E-state index contributed by atoms with van der Waals surface area (Å²) >= 11 is 2.08. The molecule has 17 heavy (non-hydrogen) atoms. The van der Waals surface area contributed by atoms with E-state index in [1.807, 2.05) is 6.07 Å². The lowest BCUT2D eigenvalue weighted by Gasteiger charge is -2.10. The van der Waals surface area contributed by atoms with Gasteiger partial charge in [0.15, 0.2) is 0 Å². The van der Waals surface area contributed by atoms with Gasteiger partial charge in [-0.1, -0.05) is 18.2 Å². The number of methoxy groups -OCH3 is 1. The molecule has 1 heterocycles. The summed E-state index contributed by atoms with van der Waals surface area (Å²) in [7, 11) is 1.72. The van der Waals surface area contributed by atoms with E-state index in [1.165, 1.54) is 34.9 Å². The monoisotopic (exact) mass is 244 g/mol. The summed E-state index contributed by atoms with van der Waals surface area (Å²) in [6.45, 7) is 0. The van der Waals surface area contributed by atoms with Crippen LogP contribution in [-0.2, 0) is 0 Å². The normalized spacial score (nSPS) is 19.7. The van der Waals surface area contributed by atoms with Crippen LogP contribution in [0, 0.1) is 0 Å². The molecule has 0 spiro atoms. The van der Waals surface area contributed by atoms with Gasteiger partial charge in [0.1, 0.15) is 5.75 Å². The Kier molecular flexibility index (Phi) is 2.98. The highest BCUT2D eigenvalue weighted by atomic mass is 32.2. The highest BCUT2D eigenvalue weighted by Gasteiger charge is 2.17. The molecule has 1 aliphatic heterocycles. The lowest BCUT2D eigenvalue weighted by atomic mass is 10.0. The Balaban J connectivity index is 2.03. The third kappa shape index (κ3) is 2.14. The van der Waals surface area contributed by atoms with E-state index in [9.17, 15) is 0 Å². The van der Waals surface area contributed by atoms with Crippen molar-refractivity contribution in [1.82, 2.24) is 0 Å². The van der Waals surface area contributed by atoms with Crippen LogP contribution in [0.5, 0.6) is 5.75 Å². The van der Waals surface area contributed by atoms with Gasteiger partial charge in [0.2, 0.25) is 0 Å². The fraction of sp³-hybridized carbons (Fsp3) is 0.333. The van der Waals surface area contributed by atoms with Crippen molar-refractivity contribution in [1.29, 1.82) is 0 Å². The minimum Gasteiger partial charge on any atom is -0.497 e.